The molecule has 0 spiro atoms. The van der Waals surface area contributed by atoms with Gasteiger partial charge < -0.3 is 29.7 Å². The van der Waals surface area contributed by atoms with Gasteiger partial charge in [0, 0.05) is 51.0 Å². The third-order valence-electron chi connectivity index (χ3n) is 5.29. The van der Waals surface area contributed by atoms with Crippen LogP contribution in [0.2, 0.25) is 0 Å². The normalized spacial score (nSPS) is 14.1. The van der Waals surface area contributed by atoms with Crippen molar-refractivity contribution in [3.8, 4) is 17.2 Å². The molecule has 1 fully saturated rings. The zero-order valence-electron chi connectivity index (χ0n) is 18.5. The van der Waals surface area contributed by atoms with E-state index < -0.39 is 0 Å². The molecule has 8 heteroatoms. The number of halogens is 1. The van der Waals surface area contributed by atoms with Gasteiger partial charge in [-0.25, -0.2) is 0 Å². The van der Waals surface area contributed by atoms with E-state index in [1.165, 1.54) is 5.69 Å². The second-order valence-corrected chi connectivity index (χ2v) is 7.15. The molecule has 0 amide bonds. The third kappa shape index (κ3) is 6.81. The number of phenols is 1. The monoisotopic (exact) mass is 540 g/mol. The quantitative estimate of drug-likeness (QED) is 0.319. The van der Waals surface area contributed by atoms with E-state index in [-0.39, 0.29) is 29.7 Å². The van der Waals surface area contributed by atoms with Gasteiger partial charge in [0.05, 0.1) is 14.2 Å². The van der Waals surface area contributed by atoms with E-state index in [0.717, 1.165) is 50.0 Å². The molecule has 2 aromatic carbocycles. The number of hydrogen-bond acceptors (Lipinski definition) is 5. The highest BCUT2D eigenvalue weighted by Crippen LogP contribution is 2.24. The van der Waals surface area contributed by atoms with Gasteiger partial charge in [0.25, 0.3) is 0 Å². The molecule has 0 bridgehead atoms. The zero-order valence-corrected chi connectivity index (χ0v) is 20.8. The molecule has 2 N–H and O–H groups in total. The molecular weight excluding hydrogens is 507 g/mol. The topological polar surface area (TPSA) is 69.6 Å². The number of aromatic hydroxyl groups is 1. The van der Waals surface area contributed by atoms with Crippen LogP contribution in [0, 0.1) is 0 Å². The maximum Gasteiger partial charge on any atom is 0.194 e. The second kappa shape index (κ2) is 12.5. The summed E-state index contributed by atoms with van der Waals surface area (Å²) in [4.78, 5) is 9.48. The van der Waals surface area contributed by atoms with Crippen LogP contribution in [0.1, 0.15) is 12.5 Å². The number of anilines is 1. The smallest absolute Gasteiger partial charge is 0.194 e. The zero-order chi connectivity index (χ0) is 21.3. The molecule has 1 aliphatic rings. The average Bonchev–Trinajstić information content (AvgIpc) is 2.79. The van der Waals surface area contributed by atoms with Gasteiger partial charge in [0.15, 0.2) is 5.96 Å². The van der Waals surface area contributed by atoms with Gasteiger partial charge >= 0.3 is 0 Å². The van der Waals surface area contributed by atoms with E-state index in [4.69, 9.17) is 14.5 Å². The molecule has 2 aromatic rings. The van der Waals surface area contributed by atoms with Crippen LogP contribution in [0.25, 0.3) is 0 Å². The highest BCUT2D eigenvalue weighted by molar-refractivity contribution is 14.0. The Morgan fingerprint density at radius 1 is 1.00 bits per heavy atom. The number of benzene rings is 2. The van der Waals surface area contributed by atoms with Crippen molar-refractivity contribution in [2.75, 3.05) is 58.4 Å². The molecule has 0 saturated carbocycles. The maximum atomic E-state index is 10.1. The molecule has 0 aromatic heterocycles. The van der Waals surface area contributed by atoms with Gasteiger partial charge in [-0.3, -0.25) is 4.99 Å². The summed E-state index contributed by atoms with van der Waals surface area (Å²) >= 11 is 0. The summed E-state index contributed by atoms with van der Waals surface area (Å²) in [6.45, 7) is 7.22. The van der Waals surface area contributed by atoms with Crippen LogP contribution in [0.4, 0.5) is 5.69 Å². The summed E-state index contributed by atoms with van der Waals surface area (Å²) in [6, 6.07) is 13.6. The number of hydrogen-bond donors (Lipinski definition) is 2. The van der Waals surface area contributed by atoms with Crippen molar-refractivity contribution >= 4 is 35.6 Å². The molecule has 31 heavy (non-hydrogen) atoms. The SMILES string of the molecule is CCNC(=NCCc1ccc(OC)cc1O)N1CCN(c2ccc(OC)cc2)CC1.I. The molecule has 0 radical (unpaired) electrons. The minimum Gasteiger partial charge on any atom is -0.508 e. The highest BCUT2D eigenvalue weighted by Gasteiger charge is 2.20. The van der Waals surface area contributed by atoms with Crippen LogP contribution in [0.5, 0.6) is 17.2 Å². The minimum absolute atomic E-state index is 0. The Morgan fingerprint density at radius 3 is 2.23 bits per heavy atom. The fourth-order valence-corrected chi connectivity index (χ4v) is 3.56. The highest BCUT2D eigenvalue weighted by atomic mass is 127. The van der Waals surface area contributed by atoms with E-state index in [0.29, 0.717) is 18.7 Å². The Balaban J connectivity index is 0.00000341. The summed E-state index contributed by atoms with van der Waals surface area (Å²) < 4.78 is 10.4. The summed E-state index contributed by atoms with van der Waals surface area (Å²) in [5, 5.41) is 13.5. The Hall–Kier alpha value is -2.36. The van der Waals surface area contributed by atoms with Crippen LogP contribution >= 0.6 is 24.0 Å². The van der Waals surface area contributed by atoms with Crippen LogP contribution < -0.4 is 19.7 Å². The van der Waals surface area contributed by atoms with E-state index >= 15 is 0 Å². The standard InChI is InChI=1S/C23H32N4O3.HI/c1-4-24-23(25-12-11-18-5-8-21(30-3)17-22(18)28)27-15-13-26(14-16-27)19-6-9-20(29-2)10-7-19;/h5-10,17,28H,4,11-16H2,1-3H3,(H,24,25);1H. The van der Waals surface area contributed by atoms with Crippen LogP contribution in [-0.4, -0.2) is 69.5 Å². The first-order valence-corrected chi connectivity index (χ1v) is 10.4. The maximum absolute atomic E-state index is 10.1. The van der Waals surface area contributed by atoms with E-state index in [9.17, 15) is 5.11 Å². The van der Waals surface area contributed by atoms with Crippen molar-refractivity contribution in [1.29, 1.82) is 0 Å². The molecule has 170 valence electrons. The van der Waals surface area contributed by atoms with Gasteiger partial charge in [-0.2, -0.15) is 0 Å². The number of nitrogens with one attached hydrogen (secondary N) is 1. The lowest BCUT2D eigenvalue weighted by Crippen LogP contribution is -2.52. The number of guanidine groups is 1. The average molecular weight is 540 g/mol. The number of rotatable bonds is 7. The molecule has 1 saturated heterocycles. The van der Waals surface area contributed by atoms with Gasteiger partial charge in [0.2, 0.25) is 0 Å². The molecule has 0 atom stereocenters. The first-order chi connectivity index (χ1) is 14.6. The predicted octanol–water partition coefficient (Wildman–Crippen LogP) is 3.36. The van der Waals surface area contributed by atoms with E-state index in [1.54, 1.807) is 20.3 Å². The Bertz CT molecular complexity index is 837. The van der Waals surface area contributed by atoms with Crippen molar-refractivity contribution in [2.24, 2.45) is 4.99 Å². The van der Waals surface area contributed by atoms with Crippen molar-refractivity contribution in [2.45, 2.75) is 13.3 Å². The lowest BCUT2D eigenvalue weighted by Gasteiger charge is -2.37. The van der Waals surface area contributed by atoms with Gasteiger partial charge in [-0.1, -0.05) is 6.07 Å². The first-order valence-electron chi connectivity index (χ1n) is 10.4. The molecule has 7 nitrogen and oxygen atoms in total. The summed E-state index contributed by atoms with van der Waals surface area (Å²) in [5.41, 5.74) is 2.09. The Morgan fingerprint density at radius 2 is 1.65 bits per heavy atom. The third-order valence-corrected chi connectivity index (χ3v) is 5.29. The number of phenolic OH excluding ortho intramolecular Hbond substituents is 1. The predicted molar refractivity (Wildman–Crippen MR) is 137 cm³/mol. The van der Waals surface area contributed by atoms with Crippen molar-refractivity contribution in [3.63, 3.8) is 0 Å². The fraction of sp³-hybridized carbons (Fsp3) is 0.435. The van der Waals surface area contributed by atoms with Crippen molar-refractivity contribution < 1.29 is 14.6 Å². The lowest BCUT2D eigenvalue weighted by atomic mass is 10.1. The molecule has 3 rings (SSSR count). The Labute approximate surface area is 202 Å². The number of piperazine rings is 1. The molecule has 1 heterocycles. The molecular formula is C23H33IN4O3. The first kappa shape index (κ1) is 24.9. The summed E-state index contributed by atoms with van der Waals surface area (Å²) in [6.07, 6.45) is 0.677. The van der Waals surface area contributed by atoms with E-state index in [2.05, 4.69) is 34.2 Å². The van der Waals surface area contributed by atoms with Gasteiger partial charge in [-0.15, -0.1) is 24.0 Å². The summed E-state index contributed by atoms with van der Waals surface area (Å²) in [7, 11) is 3.28. The minimum atomic E-state index is 0. The summed E-state index contributed by atoms with van der Waals surface area (Å²) in [5.74, 6) is 2.72. The van der Waals surface area contributed by atoms with Crippen LogP contribution in [0.15, 0.2) is 47.5 Å². The van der Waals surface area contributed by atoms with Crippen LogP contribution in [0.3, 0.4) is 0 Å². The van der Waals surface area contributed by atoms with E-state index in [1.807, 2.05) is 24.3 Å². The molecule has 0 aliphatic carbocycles. The second-order valence-electron chi connectivity index (χ2n) is 7.15. The number of ether oxygens (including phenoxy) is 2. The number of methoxy groups -OCH3 is 2. The molecule has 1 aliphatic heterocycles. The van der Waals surface area contributed by atoms with Crippen molar-refractivity contribution in [1.82, 2.24) is 10.2 Å². The molecule has 0 unspecified atom stereocenters. The lowest BCUT2D eigenvalue weighted by molar-refractivity contribution is 0.372. The van der Waals surface area contributed by atoms with Gasteiger partial charge in [-0.05, 0) is 49.2 Å². The number of nitrogens with zero attached hydrogens (tertiary/aromatic N) is 3. The fourth-order valence-electron chi connectivity index (χ4n) is 3.56. The van der Waals surface area contributed by atoms with Gasteiger partial charge in [0.1, 0.15) is 17.2 Å². The van der Waals surface area contributed by atoms with Crippen LogP contribution in [-0.2, 0) is 6.42 Å². The largest absolute Gasteiger partial charge is 0.508 e. The number of aliphatic imine (C=N–C) groups is 1. The van der Waals surface area contributed by atoms with Crippen molar-refractivity contribution in [3.05, 3.63) is 48.0 Å². The Kier molecular flexibility index (Phi) is 10.0.